The number of nitrogens with zero attached hydrogens (tertiary/aromatic N) is 3. The van der Waals surface area contributed by atoms with Crippen molar-refractivity contribution in [2.24, 2.45) is 7.05 Å². The van der Waals surface area contributed by atoms with E-state index in [9.17, 15) is 27.3 Å². The molecule has 0 saturated carbocycles. The number of hydrogen-bond acceptors (Lipinski definition) is 4. The Morgan fingerprint density at radius 1 is 1.21 bits per heavy atom. The number of benzene rings is 1. The van der Waals surface area contributed by atoms with Gasteiger partial charge in [0.05, 0.1) is 6.07 Å². The first-order chi connectivity index (χ1) is 13.7. The zero-order chi connectivity index (χ0) is 21.2. The van der Waals surface area contributed by atoms with Gasteiger partial charge in [0, 0.05) is 38.0 Å². The molecular formula is C19H20F2N4O3S. The molecule has 1 N–H and O–H groups in total. The number of aromatic nitrogens is 1. The predicted molar refractivity (Wildman–Crippen MR) is 100 cm³/mol. The molecule has 29 heavy (non-hydrogen) atoms. The second-order valence-corrected chi connectivity index (χ2v) is 8.78. The number of piperidine rings is 1. The molecule has 1 amide bonds. The molecule has 1 aromatic carbocycles. The number of rotatable bonds is 5. The molecule has 2 aromatic rings. The number of nitrogens with one attached hydrogen (secondary N) is 1. The van der Waals surface area contributed by atoms with Crippen molar-refractivity contribution in [1.82, 2.24) is 14.2 Å². The predicted octanol–water partition coefficient (Wildman–Crippen LogP) is 2.47. The molecule has 10 heteroatoms. The number of hydrogen-bond donors (Lipinski definition) is 1. The topological polar surface area (TPSA) is 95.2 Å². The molecule has 0 bridgehead atoms. The number of carbonyl (C=O) groups excluding carboxylic acids is 1. The molecule has 0 radical (unpaired) electrons. The second-order valence-electron chi connectivity index (χ2n) is 6.84. The van der Waals surface area contributed by atoms with Crippen LogP contribution in [0, 0.1) is 23.0 Å². The van der Waals surface area contributed by atoms with Crippen LogP contribution in [0.1, 0.15) is 41.4 Å². The summed E-state index contributed by atoms with van der Waals surface area (Å²) in [5, 5.41) is 11.7. The number of carbonyl (C=O) groups is 1. The van der Waals surface area contributed by atoms with E-state index < -0.39 is 33.6 Å². The Kier molecular flexibility index (Phi) is 6.00. The van der Waals surface area contributed by atoms with E-state index in [-0.39, 0.29) is 16.2 Å². The molecular weight excluding hydrogens is 402 g/mol. The molecule has 2 heterocycles. The maximum Gasteiger partial charge on any atom is 0.269 e. The van der Waals surface area contributed by atoms with Gasteiger partial charge in [-0.1, -0.05) is 12.5 Å². The summed E-state index contributed by atoms with van der Waals surface area (Å²) in [6.45, 7) is 0.859. The Balaban J connectivity index is 1.83. The number of nitriles is 1. The third-order valence-corrected chi connectivity index (χ3v) is 6.71. The summed E-state index contributed by atoms with van der Waals surface area (Å²) in [5.41, 5.74) is -0.180. The van der Waals surface area contributed by atoms with Crippen molar-refractivity contribution in [3.63, 3.8) is 0 Å². The molecule has 1 aliphatic heterocycles. The van der Waals surface area contributed by atoms with Crippen LogP contribution in [0.25, 0.3) is 0 Å². The second kappa shape index (κ2) is 8.31. The molecule has 1 aliphatic rings. The summed E-state index contributed by atoms with van der Waals surface area (Å²) in [4.78, 5) is 12.6. The maximum atomic E-state index is 14.0. The highest BCUT2D eigenvalue weighted by Crippen LogP contribution is 2.23. The summed E-state index contributed by atoms with van der Waals surface area (Å²) in [6, 6.07) is 4.32. The lowest BCUT2D eigenvalue weighted by Crippen LogP contribution is -2.35. The van der Waals surface area contributed by atoms with Crippen molar-refractivity contribution in [2.75, 3.05) is 13.1 Å². The monoisotopic (exact) mass is 422 g/mol. The van der Waals surface area contributed by atoms with Gasteiger partial charge in [-0.3, -0.25) is 4.79 Å². The average molecular weight is 422 g/mol. The van der Waals surface area contributed by atoms with Crippen LogP contribution in [0.15, 0.2) is 35.4 Å². The lowest BCUT2D eigenvalue weighted by Gasteiger charge is -2.25. The van der Waals surface area contributed by atoms with E-state index in [0.717, 1.165) is 31.4 Å². The van der Waals surface area contributed by atoms with Gasteiger partial charge in [-0.15, -0.1) is 0 Å². The van der Waals surface area contributed by atoms with Crippen molar-refractivity contribution >= 4 is 15.9 Å². The van der Waals surface area contributed by atoms with Crippen molar-refractivity contribution in [1.29, 1.82) is 5.26 Å². The van der Waals surface area contributed by atoms with Gasteiger partial charge in [-0.05, 0) is 25.0 Å². The normalized spacial score (nSPS) is 16.2. The lowest BCUT2D eigenvalue weighted by molar-refractivity contribution is 0.0936. The molecule has 1 unspecified atom stereocenters. The van der Waals surface area contributed by atoms with E-state index in [1.165, 1.54) is 28.2 Å². The largest absolute Gasteiger partial charge is 0.345 e. The van der Waals surface area contributed by atoms with Gasteiger partial charge in [0.1, 0.15) is 28.3 Å². The van der Waals surface area contributed by atoms with E-state index in [1.54, 1.807) is 6.07 Å². The molecule has 0 aliphatic carbocycles. The summed E-state index contributed by atoms with van der Waals surface area (Å²) < 4.78 is 55.4. The van der Waals surface area contributed by atoms with Crippen LogP contribution in [0.5, 0.6) is 0 Å². The zero-order valence-corrected chi connectivity index (χ0v) is 16.5. The van der Waals surface area contributed by atoms with Crippen LogP contribution in [-0.2, 0) is 17.1 Å². The molecule has 154 valence electrons. The van der Waals surface area contributed by atoms with Crippen LogP contribution in [0.3, 0.4) is 0 Å². The minimum atomic E-state index is -3.73. The molecule has 1 fully saturated rings. The summed E-state index contributed by atoms with van der Waals surface area (Å²) in [5.74, 6) is -2.51. The highest BCUT2D eigenvalue weighted by atomic mass is 32.2. The molecule has 1 atom stereocenters. The van der Waals surface area contributed by atoms with Gasteiger partial charge in [0.15, 0.2) is 0 Å². The van der Waals surface area contributed by atoms with Crippen LogP contribution in [0.2, 0.25) is 0 Å². The van der Waals surface area contributed by atoms with Crippen LogP contribution in [0.4, 0.5) is 8.78 Å². The van der Waals surface area contributed by atoms with Crippen LogP contribution < -0.4 is 5.32 Å². The van der Waals surface area contributed by atoms with Gasteiger partial charge >= 0.3 is 0 Å². The third kappa shape index (κ3) is 4.31. The Morgan fingerprint density at radius 2 is 1.90 bits per heavy atom. The van der Waals surface area contributed by atoms with Crippen molar-refractivity contribution in [2.45, 2.75) is 30.2 Å². The standard InChI is InChI=1S/C19H20F2N4O3S/c1-24-12-14(29(27,28)25-7-3-2-4-8-25)10-18(24)19(26)23-17(11-22)15-6-5-13(20)9-16(15)21/h5-6,9-10,12,17H,2-4,7-8H2,1H3,(H,23,26). The lowest BCUT2D eigenvalue weighted by atomic mass is 10.1. The molecule has 1 aromatic heterocycles. The third-order valence-electron chi connectivity index (χ3n) is 4.84. The fourth-order valence-corrected chi connectivity index (χ4v) is 4.86. The first-order valence-electron chi connectivity index (χ1n) is 9.06. The zero-order valence-electron chi connectivity index (χ0n) is 15.7. The van der Waals surface area contributed by atoms with E-state index in [1.807, 2.05) is 0 Å². The summed E-state index contributed by atoms with van der Waals surface area (Å²) in [7, 11) is -2.23. The average Bonchev–Trinajstić information content (AvgIpc) is 3.10. The van der Waals surface area contributed by atoms with E-state index >= 15 is 0 Å². The molecule has 1 saturated heterocycles. The fraction of sp³-hybridized carbons (Fsp3) is 0.368. The number of aryl methyl sites for hydroxylation is 1. The van der Waals surface area contributed by atoms with Crippen molar-refractivity contribution in [3.05, 3.63) is 53.4 Å². The van der Waals surface area contributed by atoms with E-state index in [4.69, 9.17) is 0 Å². The van der Waals surface area contributed by atoms with Crippen molar-refractivity contribution in [3.8, 4) is 6.07 Å². The van der Waals surface area contributed by atoms with Crippen LogP contribution >= 0.6 is 0 Å². The molecule has 7 nitrogen and oxygen atoms in total. The Morgan fingerprint density at radius 3 is 2.52 bits per heavy atom. The smallest absolute Gasteiger partial charge is 0.269 e. The molecule has 0 spiro atoms. The highest BCUT2D eigenvalue weighted by Gasteiger charge is 2.29. The molecule has 3 rings (SSSR count). The van der Waals surface area contributed by atoms with Gasteiger partial charge < -0.3 is 9.88 Å². The number of sulfonamides is 1. The van der Waals surface area contributed by atoms with Gasteiger partial charge in [0.2, 0.25) is 10.0 Å². The van der Waals surface area contributed by atoms with Crippen LogP contribution in [-0.4, -0.2) is 36.3 Å². The van der Waals surface area contributed by atoms with Gasteiger partial charge in [-0.2, -0.15) is 9.57 Å². The fourth-order valence-electron chi connectivity index (χ4n) is 3.28. The minimum Gasteiger partial charge on any atom is -0.345 e. The Bertz CT molecular complexity index is 1070. The minimum absolute atomic E-state index is 0.00311. The first-order valence-corrected chi connectivity index (χ1v) is 10.5. The Labute approximate surface area is 167 Å². The van der Waals surface area contributed by atoms with E-state index in [2.05, 4.69) is 5.32 Å². The first kappa shape index (κ1) is 21.0. The summed E-state index contributed by atoms with van der Waals surface area (Å²) >= 11 is 0. The highest BCUT2D eigenvalue weighted by molar-refractivity contribution is 7.89. The summed E-state index contributed by atoms with van der Waals surface area (Å²) in [6.07, 6.45) is 3.88. The van der Waals surface area contributed by atoms with E-state index in [0.29, 0.717) is 19.2 Å². The number of amides is 1. The van der Waals surface area contributed by atoms with Crippen molar-refractivity contribution < 1.29 is 22.0 Å². The number of halogens is 2. The van der Waals surface area contributed by atoms with Gasteiger partial charge in [-0.25, -0.2) is 17.2 Å². The SMILES string of the molecule is Cn1cc(S(=O)(=O)N2CCCCC2)cc1C(=O)NC(C#N)c1ccc(F)cc1F. The van der Waals surface area contributed by atoms with Gasteiger partial charge in [0.25, 0.3) is 5.91 Å². The Hall–Kier alpha value is -2.77. The quantitative estimate of drug-likeness (QED) is 0.801. The maximum absolute atomic E-state index is 14.0.